The highest BCUT2D eigenvalue weighted by molar-refractivity contribution is 7.90. The molecule has 0 unspecified atom stereocenters. The number of hydrogen-bond donors (Lipinski definition) is 1. The van der Waals surface area contributed by atoms with E-state index in [0.717, 1.165) is 5.69 Å². The number of benzene rings is 1. The van der Waals surface area contributed by atoms with Gasteiger partial charge in [-0.05, 0) is 12.1 Å². The summed E-state index contributed by atoms with van der Waals surface area (Å²) in [6.45, 7) is 0. The molecule has 4 heteroatoms. The first-order chi connectivity index (χ1) is 5.00. The van der Waals surface area contributed by atoms with Crippen molar-refractivity contribution in [3.63, 3.8) is 0 Å². The molecule has 0 aliphatic carbocycles. The zero-order chi connectivity index (χ0) is 8.48. The van der Waals surface area contributed by atoms with Gasteiger partial charge in [-0.3, -0.25) is 0 Å². The third kappa shape index (κ3) is 2.03. The normalized spacial score (nSPS) is 11.5. The maximum absolute atomic E-state index is 10.9. The van der Waals surface area contributed by atoms with Crippen LogP contribution in [0.5, 0.6) is 0 Å². The summed E-state index contributed by atoms with van der Waals surface area (Å²) in [5.74, 6) is 0. The molecule has 60 valence electrons. The lowest BCUT2D eigenvalue weighted by molar-refractivity contribution is -0.254. The molecule has 1 rings (SSSR count). The average Bonchev–Trinajstić information content (AvgIpc) is 1.86. The second kappa shape index (κ2) is 2.64. The number of rotatable bonds is 1. The minimum absolute atomic E-state index is 0.338. The largest absolute Gasteiger partial charge is 0.325 e. The van der Waals surface area contributed by atoms with E-state index < -0.39 is 9.84 Å². The zero-order valence-electron chi connectivity index (χ0n) is 6.24. The summed E-state index contributed by atoms with van der Waals surface area (Å²) >= 11 is 0. The van der Waals surface area contributed by atoms with E-state index in [0.29, 0.717) is 4.90 Å². The smallest absolute Gasteiger partial charge is 0.175 e. The highest BCUT2D eigenvalue weighted by Crippen LogP contribution is 2.09. The van der Waals surface area contributed by atoms with Crippen molar-refractivity contribution in [2.75, 3.05) is 6.26 Å². The van der Waals surface area contributed by atoms with Crippen LogP contribution in [0.25, 0.3) is 0 Å². The molecule has 1 aromatic rings. The summed E-state index contributed by atoms with van der Waals surface area (Å²) < 4.78 is 21.8. The molecule has 3 nitrogen and oxygen atoms in total. The van der Waals surface area contributed by atoms with Gasteiger partial charge in [-0.2, -0.15) is 0 Å². The first-order valence-electron chi connectivity index (χ1n) is 3.12. The van der Waals surface area contributed by atoms with Gasteiger partial charge in [0.05, 0.1) is 4.90 Å². The molecule has 1 aromatic carbocycles. The van der Waals surface area contributed by atoms with Crippen molar-refractivity contribution in [1.82, 2.24) is 0 Å². The SMILES string of the molecule is CS(=O)(=O)c1ccc([NH3+])cc1. The van der Waals surface area contributed by atoms with E-state index in [2.05, 4.69) is 5.73 Å². The first-order valence-corrected chi connectivity index (χ1v) is 5.01. The minimum Gasteiger partial charge on any atom is -0.325 e. The zero-order valence-corrected chi connectivity index (χ0v) is 7.06. The second-order valence-corrected chi connectivity index (χ2v) is 4.43. The molecule has 0 fully saturated rings. The standard InChI is InChI=1S/C7H9NO2S/c1-11(9,10)7-4-2-6(8)3-5-7/h2-5H,8H2,1H3/p+1. The molecule has 0 aliphatic heterocycles. The van der Waals surface area contributed by atoms with Crippen LogP contribution >= 0.6 is 0 Å². The van der Waals surface area contributed by atoms with E-state index >= 15 is 0 Å². The summed E-state index contributed by atoms with van der Waals surface area (Å²) in [5, 5.41) is 0. The van der Waals surface area contributed by atoms with Crippen LogP contribution in [0, 0.1) is 0 Å². The Balaban J connectivity index is 3.20. The molecule has 0 heterocycles. The van der Waals surface area contributed by atoms with Crippen LogP contribution in [0.1, 0.15) is 0 Å². The molecule has 0 saturated carbocycles. The third-order valence-corrected chi connectivity index (χ3v) is 2.48. The van der Waals surface area contributed by atoms with E-state index in [4.69, 9.17) is 0 Å². The Kier molecular flexibility index (Phi) is 1.97. The van der Waals surface area contributed by atoms with Gasteiger partial charge in [-0.1, -0.05) is 0 Å². The first kappa shape index (κ1) is 8.23. The van der Waals surface area contributed by atoms with Gasteiger partial charge in [0.15, 0.2) is 9.84 Å². The van der Waals surface area contributed by atoms with Crippen LogP contribution in [0.3, 0.4) is 0 Å². The Hall–Kier alpha value is -0.870. The lowest BCUT2D eigenvalue weighted by atomic mass is 10.3. The number of hydrogen-bond acceptors (Lipinski definition) is 2. The predicted molar refractivity (Wildman–Crippen MR) is 42.1 cm³/mol. The van der Waals surface area contributed by atoms with Crippen molar-refractivity contribution < 1.29 is 14.2 Å². The summed E-state index contributed by atoms with van der Waals surface area (Å²) in [7, 11) is -3.05. The molecule has 0 amide bonds. The van der Waals surface area contributed by atoms with Crippen molar-refractivity contribution in [3.05, 3.63) is 24.3 Å². The van der Waals surface area contributed by atoms with E-state index in [1.54, 1.807) is 24.3 Å². The van der Waals surface area contributed by atoms with Crippen molar-refractivity contribution in [2.45, 2.75) is 4.90 Å². The van der Waals surface area contributed by atoms with Crippen LogP contribution in [0.4, 0.5) is 5.69 Å². The number of quaternary nitrogens is 1. The van der Waals surface area contributed by atoms with Crippen molar-refractivity contribution in [2.24, 2.45) is 0 Å². The Labute approximate surface area is 65.8 Å². The molecule has 0 saturated heterocycles. The fourth-order valence-corrected chi connectivity index (χ4v) is 1.37. The molecule has 0 aliphatic rings. The van der Waals surface area contributed by atoms with Gasteiger partial charge in [0.2, 0.25) is 0 Å². The van der Waals surface area contributed by atoms with Gasteiger partial charge >= 0.3 is 0 Å². The van der Waals surface area contributed by atoms with Gasteiger partial charge in [0.25, 0.3) is 0 Å². The van der Waals surface area contributed by atoms with Crippen molar-refractivity contribution in [1.29, 1.82) is 0 Å². The Morgan fingerprint density at radius 3 is 2.00 bits per heavy atom. The highest BCUT2D eigenvalue weighted by Gasteiger charge is 2.05. The van der Waals surface area contributed by atoms with E-state index in [-0.39, 0.29) is 0 Å². The van der Waals surface area contributed by atoms with Gasteiger partial charge < -0.3 is 5.73 Å². The second-order valence-electron chi connectivity index (χ2n) is 2.42. The topological polar surface area (TPSA) is 61.8 Å². The van der Waals surface area contributed by atoms with Gasteiger partial charge in [-0.15, -0.1) is 0 Å². The Morgan fingerprint density at radius 2 is 1.64 bits per heavy atom. The highest BCUT2D eigenvalue weighted by atomic mass is 32.2. The molecule has 0 radical (unpaired) electrons. The molecule has 0 atom stereocenters. The lowest BCUT2D eigenvalue weighted by Gasteiger charge is -1.95. The quantitative estimate of drug-likeness (QED) is 0.646. The van der Waals surface area contributed by atoms with Crippen LogP contribution in [0.15, 0.2) is 29.2 Å². The van der Waals surface area contributed by atoms with Crippen molar-refractivity contribution >= 4 is 15.5 Å². The molecular weight excluding hydrogens is 162 g/mol. The van der Waals surface area contributed by atoms with Crippen LogP contribution in [-0.4, -0.2) is 14.7 Å². The monoisotopic (exact) mass is 172 g/mol. The summed E-state index contributed by atoms with van der Waals surface area (Å²) in [6.07, 6.45) is 1.19. The van der Waals surface area contributed by atoms with E-state index in [1.807, 2.05) is 0 Å². The van der Waals surface area contributed by atoms with Crippen molar-refractivity contribution in [3.8, 4) is 0 Å². The summed E-state index contributed by atoms with van der Waals surface area (Å²) in [5.41, 5.74) is 4.47. The summed E-state index contributed by atoms with van der Waals surface area (Å²) in [4.78, 5) is 0.338. The van der Waals surface area contributed by atoms with Gasteiger partial charge in [-0.25, -0.2) is 8.42 Å². The molecule has 11 heavy (non-hydrogen) atoms. The van der Waals surface area contributed by atoms with Gasteiger partial charge in [0.1, 0.15) is 5.69 Å². The van der Waals surface area contributed by atoms with E-state index in [1.165, 1.54) is 6.26 Å². The fourth-order valence-electron chi connectivity index (χ4n) is 0.737. The molecule has 0 spiro atoms. The fraction of sp³-hybridized carbons (Fsp3) is 0.143. The van der Waals surface area contributed by atoms with Gasteiger partial charge in [0, 0.05) is 18.4 Å². The lowest BCUT2D eigenvalue weighted by Crippen LogP contribution is -2.39. The van der Waals surface area contributed by atoms with Crippen LogP contribution in [0.2, 0.25) is 0 Å². The van der Waals surface area contributed by atoms with Crippen LogP contribution in [-0.2, 0) is 9.84 Å². The maximum atomic E-state index is 10.9. The summed E-state index contributed by atoms with van der Waals surface area (Å²) in [6, 6.07) is 6.46. The molecular formula is C7H10NO2S+. The Morgan fingerprint density at radius 1 is 1.18 bits per heavy atom. The predicted octanol–water partition coefficient (Wildman–Crippen LogP) is -0.0365. The average molecular weight is 172 g/mol. The third-order valence-electron chi connectivity index (χ3n) is 1.35. The molecule has 3 N–H and O–H groups in total. The minimum atomic E-state index is -3.05. The van der Waals surface area contributed by atoms with E-state index in [9.17, 15) is 8.42 Å². The van der Waals surface area contributed by atoms with Crippen LogP contribution < -0.4 is 5.73 Å². The maximum Gasteiger partial charge on any atom is 0.175 e. The number of sulfone groups is 1. The molecule has 0 bridgehead atoms. The molecule has 0 aromatic heterocycles. The Bertz CT molecular complexity index is 339.